The van der Waals surface area contributed by atoms with Gasteiger partial charge in [-0.1, -0.05) is 97.8 Å². The second-order valence-electron chi connectivity index (χ2n) is 8.07. The van der Waals surface area contributed by atoms with E-state index in [2.05, 4.69) is 20.8 Å². The predicted molar refractivity (Wildman–Crippen MR) is 123 cm³/mol. The Morgan fingerprint density at radius 2 is 1.07 bits per heavy atom. The molecule has 0 heterocycles. The molecule has 0 saturated heterocycles. The van der Waals surface area contributed by atoms with Gasteiger partial charge in [-0.3, -0.25) is 4.79 Å². The summed E-state index contributed by atoms with van der Waals surface area (Å²) >= 11 is 0. The minimum Gasteiger partial charge on any atom is -0.463 e. The summed E-state index contributed by atoms with van der Waals surface area (Å²) < 4.78 is 5.15. The zero-order valence-electron chi connectivity index (χ0n) is 19.6. The number of rotatable bonds is 20. The first-order chi connectivity index (χ1) is 14.2. The van der Waals surface area contributed by atoms with Crippen LogP contribution in [-0.2, 0) is 14.3 Å². The van der Waals surface area contributed by atoms with Crippen molar-refractivity contribution < 1.29 is 14.3 Å². The summed E-state index contributed by atoms with van der Waals surface area (Å²) in [6.07, 6.45) is 20.3. The number of amides is 1. The highest BCUT2D eigenvalue weighted by Crippen LogP contribution is 2.09. The number of esters is 1. The normalized spacial score (nSPS) is 11.1. The van der Waals surface area contributed by atoms with Crippen molar-refractivity contribution in [3.05, 3.63) is 12.2 Å². The lowest BCUT2D eigenvalue weighted by molar-refractivity contribution is -0.138. The zero-order chi connectivity index (χ0) is 21.6. The van der Waals surface area contributed by atoms with Crippen LogP contribution in [0.4, 0.5) is 0 Å². The number of nitrogens with zero attached hydrogens (tertiary/aromatic N) is 1. The monoisotopic (exact) mass is 409 g/mol. The van der Waals surface area contributed by atoms with E-state index in [0.717, 1.165) is 45.2 Å². The number of carbonyl (C=O) groups excluding carboxylic acids is 2. The van der Waals surface area contributed by atoms with Gasteiger partial charge >= 0.3 is 5.97 Å². The van der Waals surface area contributed by atoms with Gasteiger partial charge in [-0.25, -0.2) is 4.79 Å². The minimum absolute atomic E-state index is 0.0578. The summed E-state index contributed by atoms with van der Waals surface area (Å²) in [7, 11) is 0. The summed E-state index contributed by atoms with van der Waals surface area (Å²) in [6, 6.07) is 0. The Bertz CT molecular complexity index is 404. The third-order valence-corrected chi connectivity index (χ3v) is 5.23. The highest BCUT2D eigenvalue weighted by molar-refractivity contribution is 5.94. The molecule has 0 atom stereocenters. The van der Waals surface area contributed by atoms with Gasteiger partial charge in [-0.05, 0) is 19.3 Å². The average Bonchev–Trinajstić information content (AvgIpc) is 2.72. The van der Waals surface area contributed by atoms with Crippen LogP contribution >= 0.6 is 0 Å². The molecule has 0 aromatic rings. The number of hydrogen-bond donors (Lipinski definition) is 0. The van der Waals surface area contributed by atoms with E-state index in [1.165, 1.54) is 76.4 Å². The van der Waals surface area contributed by atoms with E-state index in [-0.39, 0.29) is 5.91 Å². The number of hydrogen-bond acceptors (Lipinski definition) is 3. The van der Waals surface area contributed by atoms with E-state index in [1.54, 1.807) is 0 Å². The fourth-order valence-electron chi connectivity index (χ4n) is 3.32. The minimum atomic E-state index is -0.409. The Morgan fingerprint density at radius 1 is 0.621 bits per heavy atom. The molecular formula is C25H47NO3. The van der Waals surface area contributed by atoms with Gasteiger partial charge < -0.3 is 9.64 Å². The van der Waals surface area contributed by atoms with Crippen LogP contribution in [0.25, 0.3) is 0 Å². The molecule has 0 spiro atoms. The van der Waals surface area contributed by atoms with Gasteiger partial charge in [0.25, 0.3) is 0 Å². The first kappa shape index (κ1) is 27.7. The largest absolute Gasteiger partial charge is 0.463 e. The zero-order valence-corrected chi connectivity index (χ0v) is 19.6. The lowest BCUT2D eigenvalue weighted by atomic mass is 10.1. The van der Waals surface area contributed by atoms with E-state index < -0.39 is 5.97 Å². The predicted octanol–water partition coefficient (Wildman–Crippen LogP) is 6.83. The maximum Gasteiger partial charge on any atom is 0.330 e. The van der Waals surface area contributed by atoms with E-state index in [1.807, 2.05) is 4.90 Å². The summed E-state index contributed by atoms with van der Waals surface area (Å²) in [5.74, 6) is -0.467. The second-order valence-corrected chi connectivity index (χ2v) is 8.07. The van der Waals surface area contributed by atoms with Gasteiger partial charge in [0, 0.05) is 25.2 Å². The van der Waals surface area contributed by atoms with Crippen molar-refractivity contribution in [2.45, 2.75) is 117 Å². The molecule has 0 aliphatic carbocycles. The van der Waals surface area contributed by atoms with Crippen LogP contribution in [0.3, 0.4) is 0 Å². The molecule has 0 aliphatic rings. The molecule has 0 saturated carbocycles. The van der Waals surface area contributed by atoms with Crippen molar-refractivity contribution in [3.8, 4) is 0 Å². The molecule has 4 nitrogen and oxygen atoms in total. The molecule has 1 amide bonds. The van der Waals surface area contributed by atoms with Gasteiger partial charge in [0.15, 0.2) is 0 Å². The molecule has 0 rings (SSSR count). The topological polar surface area (TPSA) is 46.6 Å². The molecule has 0 aromatic heterocycles. The summed E-state index contributed by atoms with van der Waals surface area (Å²) in [6.45, 7) is 8.57. The number of carbonyl (C=O) groups is 2. The fourth-order valence-corrected chi connectivity index (χ4v) is 3.32. The van der Waals surface area contributed by atoms with Crippen molar-refractivity contribution in [1.29, 1.82) is 0 Å². The molecule has 29 heavy (non-hydrogen) atoms. The Balaban J connectivity index is 4.33. The van der Waals surface area contributed by atoms with Gasteiger partial charge in [-0.2, -0.15) is 0 Å². The first-order valence-corrected chi connectivity index (χ1v) is 12.3. The standard InChI is InChI=1S/C25H47NO3/c1-4-7-10-12-14-16-21-26(22-17-15-13-11-8-5-2)24(27)19-20-25(28)29-23-18-9-6-3/h19-20H,4-18,21-23H2,1-3H3/b20-19+. The smallest absolute Gasteiger partial charge is 0.330 e. The number of unbranched alkanes of at least 4 members (excludes halogenated alkanes) is 12. The van der Waals surface area contributed by atoms with Crippen LogP contribution in [0, 0.1) is 0 Å². The lowest BCUT2D eigenvalue weighted by Gasteiger charge is -2.21. The quantitative estimate of drug-likeness (QED) is 0.126. The van der Waals surface area contributed by atoms with Crippen LogP contribution in [-0.4, -0.2) is 36.5 Å². The molecule has 0 unspecified atom stereocenters. The van der Waals surface area contributed by atoms with Crippen molar-refractivity contribution in [2.75, 3.05) is 19.7 Å². The summed E-state index contributed by atoms with van der Waals surface area (Å²) in [4.78, 5) is 26.3. The molecule has 4 heteroatoms. The maximum absolute atomic E-state index is 12.6. The fraction of sp³-hybridized carbons (Fsp3) is 0.840. The van der Waals surface area contributed by atoms with Crippen LogP contribution in [0.5, 0.6) is 0 Å². The van der Waals surface area contributed by atoms with Crippen molar-refractivity contribution >= 4 is 11.9 Å². The van der Waals surface area contributed by atoms with Crippen molar-refractivity contribution in [3.63, 3.8) is 0 Å². The molecule has 0 bridgehead atoms. The Hall–Kier alpha value is -1.32. The van der Waals surface area contributed by atoms with Crippen LogP contribution in [0.2, 0.25) is 0 Å². The molecule has 0 aromatic carbocycles. The van der Waals surface area contributed by atoms with Gasteiger partial charge in [0.1, 0.15) is 0 Å². The Kier molecular flexibility index (Phi) is 20.4. The summed E-state index contributed by atoms with van der Waals surface area (Å²) in [5.41, 5.74) is 0. The average molecular weight is 410 g/mol. The van der Waals surface area contributed by atoms with E-state index in [9.17, 15) is 9.59 Å². The van der Waals surface area contributed by atoms with Crippen LogP contribution in [0.1, 0.15) is 117 Å². The van der Waals surface area contributed by atoms with Crippen LogP contribution in [0.15, 0.2) is 12.2 Å². The van der Waals surface area contributed by atoms with Gasteiger partial charge in [0.2, 0.25) is 5.91 Å². The highest BCUT2D eigenvalue weighted by Gasteiger charge is 2.11. The second kappa shape index (κ2) is 21.4. The molecule has 0 N–H and O–H groups in total. The molecule has 0 radical (unpaired) electrons. The molecule has 170 valence electrons. The Labute approximate surface area is 180 Å². The van der Waals surface area contributed by atoms with E-state index in [0.29, 0.717) is 6.61 Å². The summed E-state index contributed by atoms with van der Waals surface area (Å²) in [5, 5.41) is 0. The third-order valence-electron chi connectivity index (χ3n) is 5.23. The first-order valence-electron chi connectivity index (χ1n) is 12.3. The number of ether oxygens (including phenoxy) is 1. The Morgan fingerprint density at radius 3 is 1.59 bits per heavy atom. The molecule has 0 fully saturated rings. The highest BCUT2D eigenvalue weighted by atomic mass is 16.5. The van der Waals surface area contributed by atoms with Crippen molar-refractivity contribution in [1.82, 2.24) is 4.90 Å². The lowest BCUT2D eigenvalue weighted by Crippen LogP contribution is -2.31. The maximum atomic E-state index is 12.6. The molecular weight excluding hydrogens is 362 g/mol. The van der Waals surface area contributed by atoms with E-state index >= 15 is 0 Å². The van der Waals surface area contributed by atoms with Gasteiger partial charge in [0.05, 0.1) is 6.61 Å². The van der Waals surface area contributed by atoms with Gasteiger partial charge in [-0.15, -0.1) is 0 Å². The van der Waals surface area contributed by atoms with Crippen LogP contribution < -0.4 is 0 Å². The molecule has 0 aliphatic heterocycles. The third kappa shape index (κ3) is 18.4. The van der Waals surface area contributed by atoms with E-state index in [4.69, 9.17) is 4.74 Å². The SMILES string of the molecule is CCCCCCCCN(CCCCCCCC)C(=O)/C=C/C(=O)OCCCCC. The van der Waals surface area contributed by atoms with Crippen molar-refractivity contribution in [2.24, 2.45) is 0 Å².